The van der Waals surface area contributed by atoms with Crippen molar-refractivity contribution in [2.75, 3.05) is 17.2 Å². The Labute approximate surface area is 209 Å². The summed E-state index contributed by atoms with van der Waals surface area (Å²) in [5, 5.41) is 5.52. The van der Waals surface area contributed by atoms with Crippen molar-refractivity contribution in [1.29, 1.82) is 0 Å². The quantitative estimate of drug-likeness (QED) is 0.411. The summed E-state index contributed by atoms with van der Waals surface area (Å²) in [6.45, 7) is 0.0562. The molecule has 1 fully saturated rings. The Morgan fingerprint density at radius 1 is 1.31 bits per heavy atom. The highest BCUT2D eigenvalue weighted by Gasteiger charge is 2.35. The van der Waals surface area contributed by atoms with E-state index in [4.69, 9.17) is 16.3 Å². The number of pyridine rings is 2. The molecule has 190 valence electrons. The van der Waals surface area contributed by atoms with Crippen LogP contribution in [0.5, 0.6) is 5.88 Å². The number of amides is 1. The first-order valence-electron chi connectivity index (χ1n) is 11.0. The van der Waals surface area contributed by atoms with Crippen LogP contribution in [0.25, 0.3) is 0 Å². The fourth-order valence-electron chi connectivity index (χ4n) is 3.62. The fraction of sp³-hybridized carbons (Fsp3) is 0.348. The Hall–Kier alpha value is -3.80. The van der Waals surface area contributed by atoms with E-state index in [1.165, 1.54) is 23.0 Å². The molecule has 0 aromatic carbocycles. The zero-order valence-electron chi connectivity index (χ0n) is 19.4. The van der Waals surface area contributed by atoms with Gasteiger partial charge in [0.25, 0.3) is 5.56 Å². The van der Waals surface area contributed by atoms with Gasteiger partial charge in [0, 0.05) is 18.0 Å². The molecule has 0 radical (unpaired) electrons. The molecule has 0 unspecified atom stereocenters. The third-order valence-electron chi connectivity index (χ3n) is 5.53. The molecule has 3 aromatic rings. The monoisotopic (exact) mass is 520 g/mol. The van der Waals surface area contributed by atoms with E-state index in [1.54, 1.807) is 32.2 Å². The molecule has 0 spiro atoms. The lowest BCUT2D eigenvalue weighted by Crippen LogP contribution is -2.32. The average molecular weight is 521 g/mol. The van der Waals surface area contributed by atoms with Gasteiger partial charge in [-0.1, -0.05) is 11.6 Å². The van der Waals surface area contributed by atoms with E-state index in [2.05, 4.69) is 30.3 Å². The van der Waals surface area contributed by atoms with Gasteiger partial charge in [-0.25, -0.2) is 14.8 Å². The molecular weight excluding hydrogens is 498 g/mol. The molecule has 0 bridgehead atoms. The first-order valence-corrected chi connectivity index (χ1v) is 11.4. The molecule has 2 N–H and O–H groups in total. The van der Waals surface area contributed by atoms with Crippen LogP contribution in [0.1, 0.15) is 30.1 Å². The number of hydrogen-bond donors (Lipinski definition) is 2. The van der Waals surface area contributed by atoms with E-state index in [9.17, 15) is 18.4 Å². The average Bonchev–Trinajstić information content (AvgIpc) is 3.65. The van der Waals surface area contributed by atoms with Crippen LogP contribution in [0.3, 0.4) is 0 Å². The standard InChI is InChI=1S/C23H23ClF2N6O4/c1-12-8-16(13(2)28-20(12)36-22(25)26)30-19-21(33)32(10-18(24)31-19)17(14-5-6-14)11-35-23(34)29-15-4-3-7-27-9-15/h3-4,7-10,14,17,22H,5-6,11H2,1-2H3,(H,29,34)(H,30,31)/t17-/m0/s1. The fourth-order valence-corrected chi connectivity index (χ4v) is 3.81. The van der Waals surface area contributed by atoms with E-state index < -0.39 is 24.3 Å². The number of hydrogen-bond acceptors (Lipinski definition) is 8. The number of anilines is 3. The summed E-state index contributed by atoms with van der Waals surface area (Å²) in [5.41, 5.74) is 1.03. The number of alkyl halides is 2. The number of ether oxygens (including phenoxy) is 2. The molecule has 4 rings (SSSR count). The van der Waals surface area contributed by atoms with Crippen molar-refractivity contribution in [3.63, 3.8) is 0 Å². The molecule has 0 aliphatic heterocycles. The molecule has 1 aliphatic carbocycles. The number of nitrogens with one attached hydrogen (secondary N) is 2. The maximum Gasteiger partial charge on any atom is 0.411 e. The normalized spacial score (nSPS) is 13.8. The molecule has 36 heavy (non-hydrogen) atoms. The molecule has 0 saturated heterocycles. The van der Waals surface area contributed by atoms with Crippen molar-refractivity contribution in [1.82, 2.24) is 19.5 Å². The van der Waals surface area contributed by atoms with Crippen LogP contribution in [-0.2, 0) is 4.74 Å². The molecule has 1 saturated carbocycles. The third kappa shape index (κ3) is 6.25. The van der Waals surface area contributed by atoms with Crippen molar-refractivity contribution in [2.24, 2.45) is 5.92 Å². The number of halogens is 3. The lowest BCUT2D eigenvalue weighted by molar-refractivity contribution is -0.0533. The Bertz CT molecular complexity index is 1300. The molecule has 13 heteroatoms. The Kier molecular flexibility index (Phi) is 7.63. The van der Waals surface area contributed by atoms with Crippen molar-refractivity contribution >= 4 is 34.9 Å². The molecule has 1 aliphatic rings. The molecule has 10 nitrogen and oxygen atoms in total. The van der Waals surface area contributed by atoms with Gasteiger partial charge in [-0.15, -0.1) is 0 Å². The van der Waals surface area contributed by atoms with Gasteiger partial charge in [0.05, 0.1) is 29.3 Å². The predicted molar refractivity (Wildman–Crippen MR) is 128 cm³/mol. The number of carbonyl (C=O) groups excluding carboxylic acids is 1. The third-order valence-corrected chi connectivity index (χ3v) is 5.71. The molecule has 3 aromatic heterocycles. The van der Waals surface area contributed by atoms with Crippen LogP contribution in [0, 0.1) is 19.8 Å². The zero-order valence-corrected chi connectivity index (χ0v) is 20.1. The number of rotatable bonds is 9. The first-order chi connectivity index (χ1) is 17.2. The summed E-state index contributed by atoms with van der Waals surface area (Å²) in [6.07, 6.45) is 5.51. The Balaban J connectivity index is 1.54. The van der Waals surface area contributed by atoms with E-state index in [0.717, 1.165) is 12.8 Å². The maximum atomic E-state index is 13.3. The number of carbonyl (C=O) groups is 1. The lowest BCUT2D eigenvalue weighted by Gasteiger charge is -2.21. The van der Waals surface area contributed by atoms with E-state index in [0.29, 0.717) is 22.6 Å². The van der Waals surface area contributed by atoms with Crippen molar-refractivity contribution < 1.29 is 23.0 Å². The van der Waals surface area contributed by atoms with Gasteiger partial charge in [-0.3, -0.25) is 15.1 Å². The second-order valence-electron chi connectivity index (χ2n) is 8.24. The van der Waals surface area contributed by atoms with Crippen LogP contribution >= 0.6 is 11.6 Å². The molecule has 3 heterocycles. The van der Waals surface area contributed by atoms with Gasteiger partial charge >= 0.3 is 12.7 Å². The topological polar surface area (TPSA) is 120 Å². The highest BCUT2D eigenvalue weighted by Crippen LogP contribution is 2.39. The second kappa shape index (κ2) is 10.9. The number of aryl methyl sites for hydroxylation is 2. The number of aromatic nitrogens is 4. The van der Waals surface area contributed by atoms with Gasteiger partial charge in [-0.2, -0.15) is 8.78 Å². The van der Waals surface area contributed by atoms with Gasteiger partial charge < -0.3 is 19.4 Å². The van der Waals surface area contributed by atoms with Crippen LogP contribution < -0.4 is 20.9 Å². The summed E-state index contributed by atoms with van der Waals surface area (Å²) in [4.78, 5) is 37.6. The predicted octanol–water partition coefficient (Wildman–Crippen LogP) is 4.85. The largest absolute Gasteiger partial charge is 0.447 e. The van der Waals surface area contributed by atoms with Crippen molar-refractivity contribution in [2.45, 2.75) is 39.3 Å². The van der Waals surface area contributed by atoms with E-state index >= 15 is 0 Å². The molecular formula is C23H23ClF2N6O4. The first kappa shape index (κ1) is 25.3. The Morgan fingerprint density at radius 3 is 2.75 bits per heavy atom. The lowest BCUT2D eigenvalue weighted by atomic mass is 10.2. The number of nitrogens with zero attached hydrogens (tertiary/aromatic N) is 4. The SMILES string of the molecule is Cc1cc(Nc2nc(Cl)cn([C@@H](COC(=O)Nc3cccnc3)C3CC3)c2=O)c(C)nc1OC(F)F. The van der Waals surface area contributed by atoms with Crippen LogP contribution in [-0.4, -0.2) is 38.8 Å². The second-order valence-corrected chi connectivity index (χ2v) is 8.63. The van der Waals surface area contributed by atoms with Crippen LogP contribution in [0.15, 0.2) is 41.6 Å². The zero-order chi connectivity index (χ0) is 25.8. The van der Waals surface area contributed by atoms with Gasteiger partial charge in [0.15, 0.2) is 5.82 Å². The molecule has 1 atom stereocenters. The van der Waals surface area contributed by atoms with Gasteiger partial charge in [0.2, 0.25) is 5.88 Å². The summed E-state index contributed by atoms with van der Waals surface area (Å²) < 4.78 is 36.4. The maximum absolute atomic E-state index is 13.3. The van der Waals surface area contributed by atoms with Crippen LogP contribution in [0.4, 0.5) is 30.8 Å². The van der Waals surface area contributed by atoms with E-state index in [-0.39, 0.29) is 29.4 Å². The smallest absolute Gasteiger partial charge is 0.411 e. The molecule has 1 amide bonds. The highest BCUT2D eigenvalue weighted by atomic mass is 35.5. The summed E-state index contributed by atoms with van der Waals surface area (Å²) in [6, 6.07) is 4.41. The van der Waals surface area contributed by atoms with Crippen molar-refractivity contribution in [3.05, 3.63) is 63.6 Å². The van der Waals surface area contributed by atoms with Crippen molar-refractivity contribution in [3.8, 4) is 5.88 Å². The van der Waals surface area contributed by atoms with Gasteiger partial charge in [0.1, 0.15) is 11.8 Å². The summed E-state index contributed by atoms with van der Waals surface area (Å²) in [7, 11) is 0. The van der Waals surface area contributed by atoms with E-state index in [1.807, 2.05) is 0 Å². The summed E-state index contributed by atoms with van der Waals surface area (Å²) in [5.74, 6) is -0.170. The minimum Gasteiger partial charge on any atom is -0.447 e. The highest BCUT2D eigenvalue weighted by molar-refractivity contribution is 6.29. The van der Waals surface area contributed by atoms with Crippen LogP contribution in [0.2, 0.25) is 5.15 Å². The minimum absolute atomic E-state index is 0.0440. The van der Waals surface area contributed by atoms with Gasteiger partial charge in [-0.05, 0) is 50.8 Å². The minimum atomic E-state index is -3.01. The summed E-state index contributed by atoms with van der Waals surface area (Å²) >= 11 is 6.22. The Morgan fingerprint density at radius 2 is 2.08 bits per heavy atom.